The Balaban J connectivity index is 1.59. The standard InChI is InChI=1S/C26H21F7O2/c1-14-2-9-23(34-13-14)16-5-3-15(4-6-16)17-7-8-19(27)24(20(28)10-17)26(32,33)35-18-11-21(29)25(31)22(30)12-18/h3-6,8,10-12,14,23H,2,7,9,13H2,1H3. The van der Waals surface area contributed by atoms with E-state index < -0.39 is 46.5 Å². The van der Waals surface area contributed by atoms with Gasteiger partial charge >= 0.3 is 6.11 Å². The van der Waals surface area contributed by atoms with Crippen LogP contribution in [0.3, 0.4) is 0 Å². The molecule has 2 aliphatic rings. The average Bonchev–Trinajstić information content (AvgIpc) is 2.95. The molecule has 2 atom stereocenters. The first kappa shape index (κ1) is 25.0. The molecule has 2 aromatic rings. The third-order valence-corrected chi connectivity index (χ3v) is 5.93. The number of benzene rings is 2. The Labute approximate surface area is 197 Å². The van der Waals surface area contributed by atoms with E-state index >= 15 is 0 Å². The predicted octanol–water partition coefficient (Wildman–Crippen LogP) is 8.13. The van der Waals surface area contributed by atoms with Crippen LogP contribution in [-0.2, 0) is 4.74 Å². The van der Waals surface area contributed by atoms with E-state index in [2.05, 4.69) is 11.7 Å². The highest BCUT2D eigenvalue weighted by Crippen LogP contribution is 2.40. The quantitative estimate of drug-likeness (QED) is 0.306. The van der Waals surface area contributed by atoms with Crippen molar-refractivity contribution in [1.29, 1.82) is 0 Å². The molecule has 0 saturated carbocycles. The minimum absolute atomic E-state index is 0.0686. The van der Waals surface area contributed by atoms with Gasteiger partial charge in [-0.2, -0.15) is 8.78 Å². The number of halogens is 7. The lowest BCUT2D eigenvalue weighted by molar-refractivity contribution is -0.143. The van der Waals surface area contributed by atoms with Crippen molar-refractivity contribution in [3.8, 4) is 5.75 Å². The van der Waals surface area contributed by atoms with Crippen molar-refractivity contribution in [2.24, 2.45) is 5.92 Å². The largest absolute Gasteiger partial charge is 0.432 e. The summed E-state index contributed by atoms with van der Waals surface area (Å²) in [6, 6.07) is 7.24. The summed E-state index contributed by atoms with van der Waals surface area (Å²) in [5.74, 6) is -9.34. The van der Waals surface area contributed by atoms with E-state index in [1.54, 1.807) is 24.3 Å². The molecule has 0 radical (unpaired) electrons. The number of allylic oxidation sites excluding steroid dienone is 4. The summed E-state index contributed by atoms with van der Waals surface area (Å²) in [7, 11) is 0. The lowest BCUT2D eigenvalue weighted by atomic mass is 9.94. The molecule has 1 fully saturated rings. The predicted molar refractivity (Wildman–Crippen MR) is 115 cm³/mol. The Morgan fingerprint density at radius 3 is 2.20 bits per heavy atom. The van der Waals surface area contributed by atoms with Gasteiger partial charge in [-0.3, -0.25) is 0 Å². The van der Waals surface area contributed by atoms with Crippen LogP contribution in [0.4, 0.5) is 30.7 Å². The summed E-state index contributed by atoms with van der Waals surface area (Å²) >= 11 is 0. The van der Waals surface area contributed by atoms with Crippen LogP contribution < -0.4 is 4.74 Å². The van der Waals surface area contributed by atoms with Crippen molar-refractivity contribution in [1.82, 2.24) is 0 Å². The van der Waals surface area contributed by atoms with Crippen molar-refractivity contribution in [3.05, 3.63) is 94.4 Å². The zero-order chi connectivity index (χ0) is 25.3. The van der Waals surface area contributed by atoms with Gasteiger partial charge in [-0.1, -0.05) is 31.2 Å². The Morgan fingerprint density at radius 1 is 0.943 bits per heavy atom. The van der Waals surface area contributed by atoms with Gasteiger partial charge in [0.15, 0.2) is 17.5 Å². The molecule has 0 amide bonds. The fourth-order valence-corrected chi connectivity index (χ4v) is 4.03. The van der Waals surface area contributed by atoms with Crippen LogP contribution in [0.1, 0.15) is 43.4 Å². The van der Waals surface area contributed by atoms with Gasteiger partial charge in [-0.25, -0.2) is 22.0 Å². The molecule has 1 saturated heterocycles. The smallest absolute Gasteiger partial charge is 0.429 e. The van der Waals surface area contributed by atoms with Gasteiger partial charge in [0, 0.05) is 18.7 Å². The highest BCUT2D eigenvalue weighted by Gasteiger charge is 2.43. The molecule has 186 valence electrons. The van der Waals surface area contributed by atoms with Crippen LogP contribution in [0.25, 0.3) is 5.57 Å². The van der Waals surface area contributed by atoms with Crippen molar-refractivity contribution in [2.75, 3.05) is 6.61 Å². The minimum Gasteiger partial charge on any atom is -0.429 e. The Kier molecular flexibility index (Phi) is 7.07. The molecule has 0 aromatic heterocycles. The summed E-state index contributed by atoms with van der Waals surface area (Å²) in [6.45, 7) is 2.75. The van der Waals surface area contributed by atoms with Gasteiger partial charge in [0.2, 0.25) is 0 Å². The van der Waals surface area contributed by atoms with E-state index in [0.717, 1.165) is 30.6 Å². The summed E-state index contributed by atoms with van der Waals surface area (Å²) in [4.78, 5) is 0. The molecule has 4 rings (SSSR count). The Hall–Kier alpha value is -3.07. The normalized spacial score (nSPS) is 21.4. The molecule has 2 aromatic carbocycles. The van der Waals surface area contributed by atoms with Crippen LogP contribution in [0, 0.1) is 23.4 Å². The van der Waals surface area contributed by atoms with E-state index in [9.17, 15) is 30.7 Å². The average molecular weight is 498 g/mol. The maximum atomic E-state index is 14.9. The molecule has 0 bridgehead atoms. The highest BCUT2D eigenvalue weighted by atomic mass is 19.3. The zero-order valence-electron chi connectivity index (χ0n) is 18.6. The maximum absolute atomic E-state index is 14.9. The number of alkyl halides is 2. The van der Waals surface area contributed by atoms with Crippen LogP contribution in [-0.4, -0.2) is 12.7 Å². The van der Waals surface area contributed by atoms with Gasteiger partial charge in [0.05, 0.1) is 6.10 Å². The molecule has 2 unspecified atom stereocenters. The third kappa shape index (κ3) is 5.45. The minimum atomic E-state index is -4.65. The molecule has 9 heteroatoms. The molecule has 1 aliphatic heterocycles. The lowest BCUT2D eigenvalue weighted by Crippen LogP contribution is -2.29. The fourth-order valence-electron chi connectivity index (χ4n) is 4.03. The second-order valence-electron chi connectivity index (χ2n) is 8.59. The summed E-state index contributed by atoms with van der Waals surface area (Å²) in [6.07, 6.45) is -1.52. The van der Waals surface area contributed by atoms with E-state index in [0.29, 0.717) is 18.1 Å². The first-order valence-electron chi connectivity index (χ1n) is 11.0. The molecule has 0 spiro atoms. The zero-order valence-corrected chi connectivity index (χ0v) is 18.6. The number of rotatable bonds is 5. The number of hydrogen-bond donors (Lipinski definition) is 0. The maximum Gasteiger partial charge on any atom is 0.432 e. The second-order valence-corrected chi connectivity index (χ2v) is 8.59. The molecular weight excluding hydrogens is 477 g/mol. The Bertz CT molecular complexity index is 1170. The van der Waals surface area contributed by atoms with Crippen LogP contribution >= 0.6 is 0 Å². The van der Waals surface area contributed by atoms with E-state index in [-0.39, 0.29) is 30.2 Å². The second kappa shape index (κ2) is 9.89. The van der Waals surface area contributed by atoms with Crippen LogP contribution in [0.15, 0.2) is 65.8 Å². The molecule has 1 heterocycles. The van der Waals surface area contributed by atoms with Gasteiger partial charge in [0.25, 0.3) is 0 Å². The van der Waals surface area contributed by atoms with Crippen molar-refractivity contribution >= 4 is 5.57 Å². The van der Waals surface area contributed by atoms with Gasteiger partial charge in [0.1, 0.15) is 23.0 Å². The lowest BCUT2D eigenvalue weighted by Gasteiger charge is -2.27. The van der Waals surface area contributed by atoms with Crippen molar-refractivity contribution < 1.29 is 40.2 Å². The molecule has 2 nitrogen and oxygen atoms in total. The van der Waals surface area contributed by atoms with E-state index in [1.165, 1.54) is 0 Å². The van der Waals surface area contributed by atoms with Crippen molar-refractivity contribution in [2.45, 2.75) is 38.4 Å². The number of hydrogen-bond acceptors (Lipinski definition) is 2. The number of ether oxygens (including phenoxy) is 2. The highest BCUT2D eigenvalue weighted by molar-refractivity contribution is 5.71. The molecule has 0 N–H and O–H groups in total. The molecule has 1 aliphatic carbocycles. The topological polar surface area (TPSA) is 18.5 Å². The SMILES string of the molecule is CC1CCC(c2ccc(C3=CC(F)=C(C(F)(F)Oc4cc(F)c(F)c(F)c4)C(F)=CC3)cc2)OC1. The monoisotopic (exact) mass is 498 g/mol. The van der Waals surface area contributed by atoms with Crippen LogP contribution in [0.2, 0.25) is 0 Å². The summed E-state index contributed by atoms with van der Waals surface area (Å²) in [5.41, 5.74) is -0.0941. The molecular formula is C26H21F7O2. The fraction of sp³-hybridized carbons (Fsp3) is 0.308. The van der Waals surface area contributed by atoms with Gasteiger partial charge in [-0.05, 0) is 54.0 Å². The first-order valence-corrected chi connectivity index (χ1v) is 11.0. The van der Waals surface area contributed by atoms with Gasteiger partial charge in [-0.15, -0.1) is 0 Å². The van der Waals surface area contributed by atoms with E-state index in [4.69, 9.17) is 4.74 Å². The molecule has 35 heavy (non-hydrogen) atoms. The third-order valence-electron chi connectivity index (χ3n) is 5.93. The summed E-state index contributed by atoms with van der Waals surface area (Å²) in [5, 5.41) is 0. The van der Waals surface area contributed by atoms with Gasteiger partial charge < -0.3 is 9.47 Å². The Morgan fingerprint density at radius 2 is 1.60 bits per heavy atom. The van der Waals surface area contributed by atoms with E-state index in [1.807, 2.05) is 0 Å². The summed E-state index contributed by atoms with van der Waals surface area (Å²) < 4.78 is 109. The first-order chi connectivity index (χ1) is 16.5. The van der Waals surface area contributed by atoms with Crippen molar-refractivity contribution in [3.63, 3.8) is 0 Å². The van der Waals surface area contributed by atoms with Crippen LogP contribution in [0.5, 0.6) is 5.75 Å².